The van der Waals surface area contributed by atoms with Crippen molar-refractivity contribution in [2.45, 2.75) is 19.0 Å². The molecular weight excluding hydrogens is 264 g/mol. The molecule has 1 fully saturated rings. The van der Waals surface area contributed by atoms with Gasteiger partial charge in [-0.2, -0.15) is 17.6 Å². The maximum absolute atomic E-state index is 13.3. The summed E-state index contributed by atoms with van der Waals surface area (Å²) >= 11 is 0. The first kappa shape index (κ1) is 13.8. The molecule has 1 aromatic heterocycles. The maximum atomic E-state index is 13.3. The lowest BCUT2D eigenvalue weighted by Gasteiger charge is -2.32. The highest BCUT2D eigenvalue weighted by Gasteiger charge is 2.41. The molecule has 0 saturated carbocycles. The summed E-state index contributed by atoms with van der Waals surface area (Å²) in [4.78, 5) is 16.5. The van der Waals surface area contributed by atoms with Crippen molar-refractivity contribution in [2.24, 2.45) is 5.92 Å². The Morgan fingerprint density at radius 3 is 2.47 bits per heavy atom. The minimum Gasteiger partial charge on any atom is -0.338 e. The lowest BCUT2D eigenvalue weighted by Crippen LogP contribution is -2.42. The zero-order valence-corrected chi connectivity index (χ0v) is 9.95. The zero-order valence-electron chi connectivity index (χ0n) is 9.95. The smallest absolute Gasteiger partial charge is 0.338 e. The average Bonchev–Trinajstić information content (AvgIpc) is 2.38. The molecule has 0 aliphatic carbocycles. The number of rotatable bonds is 1. The van der Waals surface area contributed by atoms with Crippen LogP contribution in [0.2, 0.25) is 0 Å². The molecule has 1 aliphatic heterocycles. The third-order valence-electron chi connectivity index (χ3n) is 3.23. The van der Waals surface area contributed by atoms with Crippen LogP contribution in [-0.4, -0.2) is 35.1 Å². The van der Waals surface area contributed by atoms with Crippen molar-refractivity contribution < 1.29 is 22.4 Å². The molecule has 3 nitrogen and oxygen atoms in total. The second kappa shape index (κ2) is 5.14. The van der Waals surface area contributed by atoms with Gasteiger partial charge < -0.3 is 4.90 Å². The molecule has 0 spiro atoms. The van der Waals surface area contributed by atoms with E-state index in [2.05, 4.69) is 4.98 Å². The van der Waals surface area contributed by atoms with E-state index in [1.807, 2.05) is 0 Å². The van der Waals surface area contributed by atoms with Crippen LogP contribution in [0, 0.1) is 11.9 Å². The predicted octanol–water partition coefficient (Wildman–Crippen LogP) is 2.64. The number of aromatic nitrogens is 1. The first-order valence-corrected chi connectivity index (χ1v) is 5.86. The van der Waals surface area contributed by atoms with Gasteiger partial charge >= 0.3 is 6.18 Å². The van der Waals surface area contributed by atoms with E-state index in [9.17, 15) is 22.4 Å². The highest BCUT2D eigenvalue weighted by Crippen LogP contribution is 2.34. The monoisotopic (exact) mass is 276 g/mol. The number of amides is 1. The number of alkyl halides is 3. The molecule has 0 atom stereocenters. The number of pyridine rings is 1. The minimum absolute atomic E-state index is 0.0165. The van der Waals surface area contributed by atoms with Crippen molar-refractivity contribution in [3.63, 3.8) is 0 Å². The molecule has 2 rings (SSSR count). The molecule has 1 amide bonds. The van der Waals surface area contributed by atoms with Gasteiger partial charge in [0.25, 0.3) is 5.91 Å². The fraction of sp³-hybridized carbons (Fsp3) is 0.500. The SMILES string of the molecule is O=C(c1cccnc1F)N1CCC(C(F)(F)F)CC1. The molecule has 0 bridgehead atoms. The summed E-state index contributed by atoms with van der Waals surface area (Å²) in [5.74, 6) is -2.88. The molecule has 104 valence electrons. The summed E-state index contributed by atoms with van der Waals surface area (Å²) in [6.45, 7) is -0.0330. The predicted molar refractivity (Wildman–Crippen MR) is 58.9 cm³/mol. The number of hydrogen-bond acceptors (Lipinski definition) is 2. The van der Waals surface area contributed by atoms with E-state index in [0.717, 1.165) is 0 Å². The van der Waals surface area contributed by atoms with E-state index in [1.165, 1.54) is 23.2 Å². The molecule has 1 saturated heterocycles. The van der Waals surface area contributed by atoms with Gasteiger partial charge in [-0.1, -0.05) is 0 Å². The van der Waals surface area contributed by atoms with E-state index in [0.29, 0.717) is 0 Å². The van der Waals surface area contributed by atoms with Gasteiger partial charge in [-0.25, -0.2) is 4.98 Å². The second-order valence-corrected chi connectivity index (χ2v) is 4.45. The van der Waals surface area contributed by atoms with Crippen molar-refractivity contribution in [3.05, 3.63) is 29.8 Å². The Balaban J connectivity index is 2.03. The molecule has 19 heavy (non-hydrogen) atoms. The van der Waals surface area contributed by atoms with Gasteiger partial charge in [0.15, 0.2) is 0 Å². The summed E-state index contributed by atoms with van der Waals surface area (Å²) < 4.78 is 50.8. The van der Waals surface area contributed by atoms with Crippen molar-refractivity contribution in [1.29, 1.82) is 0 Å². The lowest BCUT2D eigenvalue weighted by molar-refractivity contribution is -0.183. The van der Waals surface area contributed by atoms with Gasteiger partial charge in [0.2, 0.25) is 5.95 Å². The van der Waals surface area contributed by atoms with Crippen LogP contribution in [0.15, 0.2) is 18.3 Å². The standard InChI is InChI=1S/C12H12F4N2O/c13-10-9(2-1-5-17-10)11(19)18-6-3-8(4-7-18)12(14,15)16/h1-2,5,8H,3-4,6-7H2. The molecule has 1 aliphatic rings. The van der Waals surface area contributed by atoms with Crippen LogP contribution in [0.25, 0.3) is 0 Å². The van der Waals surface area contributed by atoms with Crippen LogP contribution in [0.3, 0.4) is 0 Å². The molecule has 7 heteroatoms. The molecule has 2 heterocycles. The largest absolute Gasteiger partial charge is 0.391 e. The summed E-state index contributed by atoms with van der Waals surface area (Å²) in [7, 11) is 0. The van der Waals surface area contributed by atoms with E-state index in [-0.39, 0.29) is 31.5 Å². The number of nitrogens with zero attached hydrogens (tertiary/aromatic N) is 2. The molecular formula is C12H12F4N2O. The van der Waals surface area contributed by atoms with E-state index in [4.69, 9.17) is 0 Å². The summed E-state index contributed by atoms with van der Waals surface area (Å²) in [5, 5.41) is 0. The summed E-state index contributed by atoms with van der Waals surface area (Å²) in [6, 6.07) is 2.69. The van der Waals surface area contributed by atoms with Crippen molar-refractivity contribution in [3.8, 4) is 0 Å². The number of halogens is 4. The molecule has 0 unspecified atom stereocenters. The van der Waals surface area contributed by atoms with Crippen LogP contribution in [0.1, 0.15) is 23.2 Å². The van der Waals surface area contributed by atoms with Crippen LogP contribution in [-0.2, 0) is 0 Å². The topological polar surface area (TPSA) is 33.2 Å². The number of piperidine rings is 1. The molecule has 0 radical (unpaired) electrons. The highest BCUT2D eigenvalue weighted by atomic mass is 19.4. The third-order valence-corrected chi connectivity index (χ3v) is 3.23. The Labute approximate surface area is 107 Å². The van der Waals surface area contributed by atoms with Crippen molar-refractivity contribution >= 4 is 5.91 Å². The molecule has 1 aromatic rings. The maximum Gasteiger partial charge on any atom is 0.391 e. The van der Waals surface area contributed by atoms with Crippen molar-refractivity contribution in [1.82, 2.24) is 9.88 Å². The van der Waals surface area contributed by atoms with Crippen LogP contribution < -0.4 is 0 Å². The Morgan fingerprint density at radius 1 is 1.32 bits per heavy atom. The Kier molecular flexibility index (Phi) is 3.73. The fourth-order valence-corrected chi connectivity index (χ4v) is 2.13. The van der Waals surface area contributed by atoms with E-state index in [1.54, 1.807) is 0 Å². The van der Waals surface area contributed by atoms with Gasteiger partial charge in [-0.15, -0.1) is 0 Å². The highest BCUT2D eigenvalue weighted by molar-refractivity contribution is 5.94. The fourth-order valence-electron chi connectivity index (χ4n) is 2.13. The van der Waals surface area contributed by atoms with Crippen LogP contribution >= 0.6 is 0 Å². The molecule has 0 N–H and O–H groups in total. The van der Waals surface area contributed by atoms with Gasteiger partial charge in [-0.3, -0.25) is 4.79 Å². The average molecular weight is 276 g/mol. The van der Waals surface area contributed by atoms with Crippen LogP contribution in [0.4, 0.5) is 17.6 Å². The molecule has 0 aromatic carbocycles. The second-order valence-electron chi connectivity index (χ2n) is 4.45. The van der Waals surface area contributed by atoms with Crippen molar-refractivity contribution in [2.75, 3.05) is 13.1 Å². The first-order valence-electron chi connectivity index (χ1n) is 5.86. The minimum atomic E-state index is -4.23. The zero-order chi connectivity index (χ0) is 14.0. The van der Waals surface area contributed by atoms with E-state index >= 15 is 0 Å². The number of carbonyl (C=O) groups is 1. The number of carbonyl (C=O) groups excluding carboxylic acids is 1. The van der Waals surface area contributed by atoms with Gasteiger partial charge in [-0.05, 0) is 25.0 Å². The normalized spacial score (nSPS) is 17.6. The van der Waals surface area contributed by atoms with E-state index < -0.39 is 23.9 Å². The Bertz CT molecular complexity index is 467. The number of hydrogen-bond donors (Lipinski definition) is 0. The number of likely N-dealkylation sites (tertiary alicyclic amines) is 1. The summed E-state index contributed by atoms with van der Waals surface area (Å²) in [6.07, 6.45) is -3.30. The third kappa shape index (κ3) is 3.02. The Morgan fingerprint density at radius 2 is 1.95 bits per heavy atom. The first-order chi connectivity index (χ1) is 8.89. The van der Waals surface area contributed by atoms with Gasteiger partial charge in [0.1, 0.15) is 0 Å². The summed E-state index contributed by atoms with van der Waals surface area (Å²) in [5.41, 5.74) is -0.201. The lowest BCUT2D eigenvalue weighted by atomic mass is 9.96. The van der Waals surface area contributed by atoms with Gasteiger partial charge in [0, 0.05) is 19.3 Å². The van der Waals surface area contributed by atoms with Crippen LogP contribution in [0.5, 0.6) is 0 Å². The Hall–Kier alpha value is -1.66. The van der Waals surface area contributed by atoms with Gasteiger partial charge in [0.05, 0.1) is 11.5 Å². The quantitative estimate of drug-likeness (QED) is 0.583.